The summed E-state index contributed by atoms with van der Waals surface area (Å²) in [5.41, 5.74) is 3.80. The molecule has 0 aliphatic rings. The third kappa shape index (κ3) is 3.71. The largest absolute Gasteiger partial charge is 0.328 e. The maximum atomic E-state index is 12.9. The van der Waals surface area contributed by atoms with Gasteiger partial charge in [-0.2, -0.15) is 0 Å². The van der Waals surface area contributed by atoms with Gasteiger partial charge in [-0.25, -0.2) is 4.79 Å². The predicted molar refractivity (Wildman–Crippen MR) is 118 cm³/mol. The van der Waals surface area contributed by atoms with E-state index in [-0.39, 0.29) is 11.6 Å². The van der Waals surface area contributed by atoms with E-state index in [0.717, 1.165) is 26.4 Å². The summed E-state index contributed by atoms with van der Waals surface area (Å²) >= 11 is 1.55. The molecular weight excluding hydrogens is 382 g/mol. The highest BCUT2D eigenvalue weighted by molar-refractivity contribution is 7.99. The smallest absolute Gasteiger partial charge is 0.321 e. The van der Waals surface area contributed by atoms with Gasteiger partial charge in [0, 0.05) is 29.4 Å². The van der Waals surface area contributed by atoms with Gasteiger partial charge in [0.2, 0.25) is 0 Å². The van der Waals surface area contributed by atoms with Crippen LogP contribution in [0.1, 0.15) is 15.9 Å². The van der Waals surface area contributed by atoms with Crippen molar-refractivity contribution in [1.29, 1.82) is 0 Å². The highest BCUT2D eigenvalue weighted by Crippen LogP contribution is 2.36. The van der Waals surface area contributed by atoms with E-state index in [2.05, 4.69) is 5.32 Å². The third-order valence-electron chi connectivity index (χ3n) is 4.87. The van der Waals surface area contributed by atoms with Gasteiger partial charge in [0.1, 0.15) is 0 Å². The van der Waals surface area contributed by atoms with E-state index in [1.54, 1.807) is 41.1 Å². The van der Waals surface area contributed by atoms with Crippen LogP contribution in [-0.2, 0) is 14.1 Å². The molecule has 3 aromatic carbocycles. The zero-order valence-corrected chi connectivity index (χ0v) is 17.3. The molecule has 0 atom stereocenters. The number of rotatable bonds is 4. The van der Waals surface area contributed by atoms with Crippen LogP contribution in [-0.4, -0.2) is 15.0 Å². The monoisotopic (exact) mass is 403 g/mol. The molecule has 4 rings (SSSR count). The molecule has 0 saturated heterocycles. The molecule has 0 aliphatic heterocycles. The van der Waals surface area contributed by atoms with E-state index in [1.807, 2.05) is 67.6 Å². The lowest BCUT2D eigenvalue weighted by molar-refractivity contribution is 0.102. The van der Waals surface area contributed by atoms with Crippen LogP contribution in [0.3, 0.4) is 0 Å². The van der Waals surface area contributed by atoms with Gasteiger partial charge in [-0.3, -0.25) is 13.9 Å². The molecule has 0 fully saturated rings. The van der Waals surface area contributed by atoms with Crippen molar-refractivity contribution in [3.05, 3.63) is 88.3 Å². The van der Waals surface area contributed by atoms with Gasteiger partial charge in [-0.1, -0.05) is 47.7 Å². The van der Waals surface area contributed by atoms with E-state index in [4.69, 9.17) is 0 Å². The van der Waals surface area contributed by atoms with Crippen LogP contribution in [0.4, 0.5) is 5.69 Å². The van der Waals surface area contributed by atoms with Crippen molar-refractivity contribution in [2.24, 2.45) is 14.1 Å². The number of hydrogen-bond donors (Lipinski definition) is 1. The first kappa shape index (κ1) is 19.1. The Labute approximate surface area is 173 Å². The number of benzene rings is 3. The van der Waals surface area contributed by atoms with Gasteiger partial charge in [-0.15, -0.1) is 0 Å². The van der Waals surface area contributed by atoms with Gasteiger partial charge >= 0.3 is 5.69 Å². The molecule has 0 aliphatic carbocycles. The van der Waals surface area contributed by atoms with Crippen LogP contribution in [0.2, 0.25) is 0 Å². The fraction of sp³-hybridized carbons (Fsp3) is 0.130. The Balaban J connectivity index is 1.81. The van der Waals surface area contributed by atoms with Gasteiger partial charge in [0.25, 0.3) is 5.91 Å². The van der Waals surface area contributed by atoms with Gasteiger partial charge < -0.3 is 5.32 Å². The molecular formula is C23H21N3O2S. The van der Waals surface area contributed by atoms with Crippen LogP contribution in [0.5, 0.6) is 0 Å². The second kappa shape index (κ2) is 7.64. The number of aromatic nitrogens is 2. The number of nitrogens with zero attached hydrogens (tertiary/aromatic N) is 2. The number of hydrogen-bond acceptors (Lipinski definition) is 3. The molecule has 4 aromatic rings. The van der Waals surface area contributed by atoms with Crippen molar-refractivity contribution in [2.75, 3.05) is 5.32 Å². The van der Waals surface area contributed by atoms with Crippen molar-refractivity contribution in [2.45, 2.75) is 16.7 Å². The van der Waals surface area contributed by atoms with E-state index < -0.39 is 0 Å². The van der Waals surface area contributed by atoms with Crippen molar-refractivity contribution in [1.82, 2.24) is 9.13 Å². The number of anilines is 1. The van der Waals surface area contributed by atoms with Gasteiger partial charge in [-0.05, 0) is 43.3 Å². The minimum atomic E-state index is -0.177. The van der Waals surface area contributed by atoms with Crippen LogP contribution in [0.15, 0.2) is 81.3 Å². The lowest BCUT2D eigenvalue weighted by Crippen LogP contribution is -2.19. The second-order valence-electron chi connectivity index (χ2n) is 6.98. The van der Waals surface area contributed by atoms with Crippen molar-refractivity contribution < 1.29 is 4.79 Å². The summed E-state index contributed by atoms with van der Waals surface area (Å²) in [6, 6.07) is 21.3. The number of imidazole rings is 1. The van der Waals surface area contributed by atoms with Crippen LogP contribution in [0.25, 0.3) is 11.0 Å². The number of aryl methyl sites for hydroxylation is 3. The summed E-state index contributed by atoms with van der Waals surface area (Å²) in [4.78, 5) is 27.2. The Morgan fingerprint density at radius 3 is 2.28 bits per heavy atom. The highest BCUT2D eigenvalue weighted by atomic mass is 32.2. The minimum absolute atomic E-state index is 0.0992. The number of amides is 1. The molecule has 0 bridgehead atoms. The van der Waals surface area contributed by atoms with Gasteiger partial charge in [0.15, 0.2) is 0 Å². The number of fused-ring (bicyclic) bond motifs is 1. The lowest BCUT2D eigenvalue weighted by Gasteiger charge is -2.13. The van der Waals surface area contributed by atoms with Crippen molar-refractivity contribution in [3.8, 4) is 0 Å². The fourth-order valence-corrected chi connectivity index (χ4v) is 4.24. The Hall–Kier alpha value is -3.25. The maximum absolute atomic E-state index is 12.9. The lowest BCUT2D eigenvalue weighted by atomic mass is 10.1. The summed E-state index contributed by atoms with van der Waals surface area (Å²) < 4.78 is 3.21. The van der Waals surface area contributed by atoms with Crippen LogP contribution >= 0.6 is 11.8 Å². The zero-order valence-electron chi connectivity index (χ0n) is 16.5. The second-order valence-corrected chi connectivity index (χ2v) is 8.09. The minimum Gasteiger partial charge on any atom is -0.321 e. The van der Waals surface area contributed by atoms with Gasteiger partial charge in [0.05, 0.1) is 16.7 Å². The van der Waals surface area contributed by atoms with E-state index in [0.29, 0.717) is 11.3 Å². The molecule has 5 nitrogen and oxygen atoms in total. The maximum Gasteiger partial charge on any atom is 0.328 e. The summed E-state index contributed by atoms with van der Waals surface area (Å²) in [6.45, 7) is 1.96. The third-order valence-corrected chi connectivity index (χ3v) is 5.94. The fourth-order valence-electron chi connectivity index (χ4n) is 3.30. The summed E-state index contributed by atoms with van der Waals surface area (Å²) in [5, 5.41) is 3.04. The van der Waals surface area contributed by atoms with Crippen LogP contribution < -0.4 is 11.0 Å². The zero-order chi connectivity index (χ0) is 20.5. The molecule has 1 heterocycles. The molecule has 146 valence electrons. The summed E-state index contributed by atoms with van der Waals surface area (Å²) in [6.07, 6.45) is 0. The quantitative estimate of drug-likeness (QED) is 0.542. The number of carbonyl (C=O) groups is 1. The molecule has 0 spiro atoms. The SMILES string of the molecule is Cc1cccc(C(=O)Nc2cc3c(cc2Sc2ccccc2)n(C)c(=O)n3C)c1. The molecule has 0 radical (unpaired) electrons. The molecule has 6 heteroatoms. The molecule has 29 heavy (non-hydrogen) atoms. The number of carbonyl (C=O) groups excluding carboxylic acids is 1. The Morgan fingerprint density at radius 2 is 1.59 bits per heavy atom. The Bertz CT molecular complexity index is 1270. The average Bonchev–Trinajstić information content (AvgIpc) is 2.93. The normalized spacial score (nSPS) is 11.0. The van der Waals surface area contributed by atoms with Crippen molar-refractivity contribution >= 4 is 34.4 Å². The van der Waals surface area contributed by atoms with E-state index >= 15 is 0 Å². The first-order valence-electron chi connectivity index (χ1n) is 9.24. The Kier molecular flexibility index (Phi) is 5.03. The van der Waals surface area contributed by atoms with E-state index in [1.165, 1.54) is 0 Å². The molecule has 1 aromatic heterocycles. The first-order valence-corrected chi connectivity index (χ1v) is 10.1. The Morgan fingerprint density at radius 1 is 0.897 bits per heavy atom. The van der Waals surface area contributed by atoms with Crippen molar-refractivity contribution in [3.63, 3.8) is 0 Å². The molecule has 0 unspecified atom stereocenters. The predicted octanol–water partition coefficient (Wildman–Crippen LogP) is 4.59. The average molecular weight is 404 g/mol. The topological polar surface area (TPSA) is 56.0 Å². The molecule has 0 saturated carbocycles. The van der Waals surface area contributed by atoms with Crippen LogP contribution in [0, 0.1) is 6.92 Å². The summed E-state index contributed by atoms with van der Waals surface area (Å²) in [7, 11) is 3.49. The molecule has 1 N–H and O–H groups in total. The summed E-state index contributed by atoms with van der Waals surface area (Å²) in [5.74, 6) is -0.177. The van der Waals surface area contributed by atoms with E-state index in [9.17, 15) is 9.59 Å². The molecule has 1 amide bonds. The highest BCUT2D eigenvalue weighted by Gasteiger charge is 2.16. The first-order chi connectivity index (χ1) is 13.9. The number of nitrogens with one attached hydrogen (secondary N) is 1. The standard InChI is InChI=1S/C23H21N3O2S/c1-15-8-7-9-16(12-15)22(27)24-18-13-19-20(26(3)23(28)25(19)2)14-21(18)29-17-10-5-4-6-11-17/h4-14H,1-3H3,(H,24,27).